The number of piperidine rings is 1. The van der Waals surface area contributed by atoms with Gasteiger partial charge in [0.1, 0.15) is 29.1 Å². The van der Waals surface area contributed by atoms with Crippen LogP contribution in [0.25, 0.3) is 0 Å². The van der Waals surface area contributed by atoms with Crippen LogP contribution in [0.15, 0.2) is 42.5 Å². The molecule has 0 radical (unpaired) electrons. The van der Waals surface area contributed by atoms with Crippen LogP contribution in [-0.4, -0.2) is 72.0 Å². The Morgan fingerprint density at radius 2 is 1.76 bits per heavy atom. The number of hydrogen-bond acceptors (Lipinski definition) is 5. The molecule has 1 saturated carbocycles. The van der Waals surface area contributed by atoms with Gasteiger partial charge < -0.3 is 15.0 Å². The van der Waals surface area contributed by atoms with Crippen molar-refractivity contribution in [1.82, 2.24) is 15.1 Å². The van der Waals surface area contributed by atoms with Crippen LogP contribution in [0.5, 0.6) is 5.75 Å². The minimum atomic E-state index is -1.42. The topological polar surface area (TPSA) is 79.0 Å². The lowest BCUT2D eigenvalue weighted by molar-refractivity contribution is -0.145. The second-order valence-corrected chi connectivity index (χ2v) is 11.5. The van der Waals surface area contributed by atoms with Crippen LogP contribution < -0.4 is 10.1 Å². The molecule has 2 atom stereocenters. The van der Waals surface area contributed by atoms with Crippen molar-refractivity contribution in [2.24, 2.45) is 11.8 Å². The number of hydrogen-bond donors (Lipinski definition) is 1. The van der Waals surface area contributed by atoms with E-state index >= 15 is 0 Å². The van der Waals surface area contributed by atoms with E-state index in [2.05, 4.69) is 5.32 Å². The zero-order chi connectivity index (χ0) is 29.3. The first-order chi connectivity index (χ1) is 19.6. The van der Waals surface area contributed by atoms with Crippen molar-refractivity contribution < 1.29 is 32.3 Å². The highest BCUT2D eigenvalue weighted by atomic mass is 35.5. The summed E-state index contributed by atoms with van der Waals surface area (Å²) < 4.78 is 47.0. The van der Waals surface area contributed by atoms with Gasteiger partial charge in [-0.25, -0.2) is 18.0 Å². The number of ketones is 1. The maximum Gasteiger partial charge on any atom is 0.416 e. The fourth-order valence-corrected chi connectivity index (χ4v) is 6.57. The summed E-state index contributed by atoms with van der Waals surface area (Å²) >= 11 is 5.95. The maximum absolute atomic E-state index is 14.6. The van der Waals surface area contributed by atoms with Crippen molar-refractivity contribution in [3.8, 4) is 5.75 Å². The smallest absolute Gasteiger partial charge is 0.410 e. The van der Waals surface area contributed by atoms with Gasteiger partial charge in [-0.3, -0.25) is 14.5 Å². The number of likely N-dealkylation sites (N-methyl/N-ethyl adjacent to an activating group) is 1. The predicted octanol–water partition coefficient (Wildman–Crippen LogP) is 5.12. The zero-order valence-corrected chi connectivity index (χ0v) is 23.5. The summed E-state index contributed by atoms with van der Waals surface area (Å²) in [6, 6.07) is 9.37. The number of carbonyl (C=O) groups excluding carboxylic acids is 3. The highest BCUT2D eigenvalue weighted by Gasteiger charge is 2.57. The number of likely N-dealkylation sites (tertiary alicyclic amines) is 1. The van der Waals surface area contributed by atoms with E-state index < -0.39 is 41.3 Å². The molecule has 0 unspecified atom stereocenters. The number of Topliss-reactive ketones (excluding diaryl/α,β-unsaturated/α-hetero) is 1. The van der Waals surface area contributed by atoms with Crippen LogP contribution in [0.1, 0.15) is 44.1 Å². The number of nitrogens with one attached hydrogen (secondary N) is 1. The van der Waals surface area contributed by atoms with E-state index in [9.17, 15) is 27.6 Å². The molecule has 3 fully saturated rings. The van der Waals surface area contributed by atoms with Gasteiger partial charge in [0.2, 0.25) is 5.91 Å². The summed E-state index contributed by atoms with van der Waals surface area (Å²) in [5, 5.41) is 3.19. The van der Waals surface area contributed by atoms with Gasteiger partial charge in [0.15, 0.2) is 5.78 Å². The molecule has 0 bridgehead atoms. The summed E-state index contributed by atoms with van der Waals surface area (Å²) in [4.78, 5) is 44.1. The van der Waals surface area contributed by atoms with Crippen LogP contribution in [0.4, 0.5) is 18.0 Å². The number of rotatable bonds is 7. The van der Waals surface area contributed by atoms with E-state index in [1.54, 1.807) is 17.9 Å². The van der Waals surface area contributed by atoms with Gasteiger partial charge in [0.25, 0.3) is 0 Å². The molecule has 2 aromatic carbocycles. The predicted molar refractivity (Wildman–Crippen MR) is 146 cm³/mol. The molecule has 2 amide bonds. The lowest BCUT2D eigenvalue weighted by atomic mass is 9.71. The number of amides is 2. The number of ether oxygens (including phenoxy) is 1. The van der Waals surface area contributed by atoms with Crippen LogP contribution in [0.3, 0.4) is 0 Å². The first kappa shape index (κ1) is 29.4. The van der Waals surface area contributed by atoms with Crippen molar-refractivity contribution in [2.45, 2.75) is 50.2 Å². The van der Waals surface area contributed by atoms with Crippen LogP contribution in [0.2, 0.25) is 5.02 Å². The van der Waals surface area contributed by atoms with Crippen molar-refractivity contribution in [2.75, 3.05) is 32.7 Å². The van der Waals surface area contributed by atoms with Crippen molar-refractivity contribution in [1.29, 1.82) is 0 Å². The third-order valence-corrected chi connectivity index (χ3v) is 9.04. The van der Waals surface area contributed by atoms with Crippen molar-refractivity contribution >= 4 is 29.4 Å². The van der Waals surface area contributed by atoms with Gasteiger partial charge in [-0.05, 0) is 74.6 Å². The van der Waals surface area contributed by atoms with Crippen LogP contribution in [-0.2, 0) is 9.59 Å². The normalized spacial score (nSPS) is 26.4. The Labute approximate surface area is 242 Å². The van der Waals surface area contributed by atoms with E-state index in [1.807, 2.05) is 0 Å². The first-order valence-corrected chi connectivity index (χ1v) is 14.4. The van der Waals surface area contributed by atoms with E-state index in [0.29, 0.717) is 38.0 Å². The largest absolute Gasteiger partial charge is 0.416 e. The summed E-state index contributed by atoms with van der Waals surface area (Å²) in [5.41, 5.74) is -0.907. The molecule has 2 heterocycles. The van der Waals surface area contributed by atoms with Crippen LogP contribution >= 0.6 is 11.6 Å². The lowest BCUT2D eigenvalue weighted by Gasteiger charge is -2.45. The van der Waals surface area contributed by atoms with Gasteiger partial charge >= 0.3 is 6.09 Å². The van der Waals surface area contributed by atoms with E-state index in [1.165, 1.54) is 41.3 Å². The summed E-state index contributed by atoms with van der Waals surface area (Å²) in [7, 11) is 0. The number of carbonyl (C=O) groups is 3. The minimum absolute atomic E-state index is 0.0534. The van der Waals surface area contributed by atoms with E-state index in [-0.39, 0.29) is 54.3 Å². The Bertz CT molecular complexity index is 1300. The van der Waals surface area contributed by atoms with Gasteiger partial charge in [0.05, 0.1) is 5.02 Å². The standard InChI is InChI=1S/C30H33ClF3N3O4/c1-2-37(29(40)41-23-6-4-21(32)5-7-23)30(17-35-16-24(30)19-3-8-25(31)26(34)15-19)27(38)18-9-11-36(12-10-18)28(39)20-13-22(33)14-20/h3-8,15,18,20,22,24,35H,2,9-14,16-17H2,1H3/t20?,22?,24-,30+/m0/s1. The third kappa shape index (κ3) is 5.68. The maximum atomic E-state index is 14.6. The van der Waals surface area contributed by atoms with Crippen molar-refractivity contribution in [3.05, 3.63) is 64.7 Å². The second-order valence-electron chi connectivity index (χ2n) is 11.1. The van der Waals surface area contributed by atoms with E-state index in [0.717, 1.165) is 0 Å². The molecular formula is C30H33ClF3N3O4. The first-order valence-electron chi connectivity index (χ1n) is 14.0. The zero-order valence-electron chi connectivity index (χ0n) is 22.8. The van der Waals surface area contributed by atoms with Gasteiger partial charge in [-0.15, -0.1) is 0 Å². The van der Waals surface area contributed by atoms with Crippen molar-refractivity contribution in [3.63, 3.8) is 0 Å². The molecule has 0 spiro atoms. The Kier molecular flexibility index (Phi) is 8.61. The molecule has 7 nitrogen and oxygen atoms in total. The Morgan fingerprint density at radius 1 is 1.07 bits per heavy atom. The molecule has 11 heteroatoms. The molecule has 0 aromatic heterocycles. The van der Waals surface area contributed by atoms with E-state index in [4.69, 9.17) is 16.3 Å². The summed E-state index contributed by atoms with van der Waals surface area (Å²) in [5.74, 6) is -2.65. The summed E-state index contributed by atoms with van der Waals surface area (Å²) in [6.07, 6.45) is -0.439. The quantitative estimate of drug-likeness (QED) is 0.484. The van der Waals surface area contributed by atoms with Gasteiger partial charge in [0, 0.05) is 50.5 Å². The van der Waals surface area contributed by atoms with Crippen LogP contribution in [0, 0.1) is 23.5 Å². The SMILES string of the molecule is CCN(C(=O)Oc1ccc(F)cc1)[C@]1(C(=O)C2CCN(C(=O)C3CC(F)C3)CC2)CNC[C@H]1c1ccc(Cl)c(F)c1. The monoisotopic (exact) mass is 591 g/mol. The second kappa shape index (κ2) is 12.0. The summed E-state index contributed by atoms with van der Waals surface area (Å²) in [6.45, 7) is 2.99. The number of halogens is 4. The number of benzene rings is 2. The van der Waals surface area contributed by atoms with Gasteiger partial charge in [-0.1, -0.05) is 17.7 Å². The molecular weight excluding hydrogens is 559 g/mol. The molecule has 5 rings (SSSR count). The Hall–Kier alpha value is -3.11. The molecule has 1 aliphatic carbocycles. The lowest BCUT2D eigenvalue weighted by Crippen LogP contribution is -2.64. The highest BCUT2D eigenvalue weighted by molar-refractivity contribution is 6.30. The highest BCUT2D eigenvalue weighted by Crippen LogP contribution is 2.42. The minimum Gasteiger partial charge on any atom is -0.410 e. The molecule has 3 aliphatic rings. The number of alkyl halides is 1. The fraction of sp³-hybridized carbons (Fsp3) is 0.500. The Balaban J connectivity index is 1.44. The average Bonchev–Trinajstić information content (AvgIpc) is 3.39. The molecule has 1 N–H and O–H groups in total. The average molecular weight is 592 g/mol. The molecule has 2 aliphatic heterocycles. The molecule has 2 saturated heterocycles. The Morgan fingerprint density at radius 3 is 2.37 bits per heavy atom. The molecule has 2 aromatic rings. The molecule has 41 heavy (non-hydrogen) atoms. The third-order valence-electron chi connectivity index (χ3n) is 8.74. The molecule has 220 valence electrons. The fourth-order valence-electron chi connectivity index (χ4n) is 6.45. The number of nitrogens with zero attached hydrogens (tertiary/aromatic N) is 2. The van der Waals surface area contributed by atoms with Gasteiger partial charge in [-0.2, -0.15) is 0 Å².